The van der Waals surface area contributed by atoms with E-state index in [2.05, 4.69) is 19.7 Å². The highest BCUT2D eigenvalue weighted by atomic mass is 16.5. The van der Waals surface area contributed by atoms with Crippen molar-refractivity contribution in [1.82, 2.24) is 19.7 Å². The van der Waals surface area contributed by atoms with Crippen molar-refractivity contribution in [1.29, 1.82) is 0 Å². The third-order valence-corrected chi connectivity index (χ3v) is 5.48. The molecular formula is C18H33N5O. The molecule has 24 heavy (non-hydrogen) atoms. The van der Waals surface area contributed by atoms with E-state index in [4.69, 9.17) is 10.5 Å². The van der Waals surface area contributed by atoms with E-state index in [1.807, 2.05) is 0 Å². The highest BCUT2D eigenvalue weighted by molar-refractivity contribution is 5.08. The smallest absolute Gasteiger partial charge is 0.147 e. The van der Waals surface area contributed by atoms with Gasteiger partial charge in [0.25, 0.3) is 0 Å². The first-order valence-corrected chi connectivity index (χ1v) is 9.66. The molecule has 2 aliphatic rings. The largest absolute Gasteiger partial charge is 0.383 e. The molecule has 0 aromatic carbocycles. The molecular weight excluding hydrogens is 302 g/mol. The maximum atomic E-state index is 5.97. The van der Waals surface area contributed by atoms with E-state index in [1.165, 1.54) is 51.6 Å². The quantitative estimate of drug-likeness (QED) is 0.864. The Kier molecular flexibility index (Phi) is 6.63. The summed E-state index contributed by atoms with van der Waals surface area (Å²) in [5.74, 6) is 2.70. The summed E-state index contributed by atoms with van der Waals surface area (Å²) in [6.45, 7) is 4.82. The molecule has 1 aromatic rings. The van der Waals surface area contributed by atoms with Crippen LogP contribution in [0.1, 0.15) is 68.9 Å². The van der Waals surface area contributed by atoms with Gasteiger partial charge in [0, 0.05) is 25.6 Å². The second kappa shape index (κ2) is 8.92. The molecule has 0 bridgehead atoms. The predicted octanol–water partition coefficient (Wildman–Crippen LogP) is 2.29. The van der Waals surface area contributed by atoms with Gasteiger partial charge in [0.05, 0.1) is 13.2 Å². The second-order valence-corrected chi connectivity index (χ2v) is 7.44. The summed E-state index contributed by atoms with van der Waals surface area (Å²) in [4.78, 5) is 2.56. The van der Waals surface area contributed by atoms with Gasteiger partial charge in [-0.05, 0) is 38.8 Å². The summed E-state index contributed by atoms with van der Waals surface area (Å²) in [7, 11) is 1.75. The summed E-state index contributed by atoms with van der Waals surface area (Å²) >= 11 is 0. The number of hydrogen-bond acceptors (Lipinski definition) is 5. The van der Waals surface area contributed by atoms with E-state index in [-0.39, 0.29) is 0 Å². The van der Waals surface area contributed by atoms with Gasteiger partial charge in [-0.3, -0.25) is 4.90 Å². The Morgan fingerprint density at radius 1 is 1.04 bits per heavy atom. The lowest BCUT2D eigenvalue weighted by Gasteiger charge is -2.32. The third kappa shape index (κ3) is 4.55. The molecule has 1 saturated heterocycles. The van der Waals surface area contributed by atoms with Gasteiger partial charge in [-0.1, -0.05) is 25.7 Å². The average Bonchev–Trinajstić information content (AvgIpc) is 2.98. The first-order chi connectivity index (χ1) is 11.8. The molecule has 2 N–H and O–H groups in total. The number of aromatic nitrogens is 3. The van der Waals surface area contributed by atoms with Crippen molar-refractivity contribution in [2.75, 3.05) is 26.8 Å². The number of nitrogens with two attached hydrogens (primary N) is 1. The maximum Gasteiger partial charge on any atom is 0.147 e. The number of hydrogen-bond donors (Lipinski definition) is 1. The molecule has 0 amide bonds. The number of ether oxygens (including phenoxy) is 1. The van der Waals surface area contributed by atoms with Gasteiger partial charge in [0.15, 0.2) is 0 Å². The zero-order valence-corrected chi connectivity index (χ0v) is 15.1. The van der Waals surface area contributed by atoms with Crippen molar-refractivity contribution < 1.29 is 4.74 Å². The van der Waals surface area contributed by atoms with Gasteiger partial charge >= 0.3 is 0 Å². The first-order valence-electron chi connectivity index (χ1n) is 9.66. The normalized spacial score (nSPS) is 26.4. The third-order valence-electron chi connectivity index (χ3n) is 5.48. The molecule has 0 spiro atoms. The van der Waals surface area contributed by atoms with Crippen LogP contribution in [0.25, 0.3) is 0 Å². The van der Waals surface area contributed by atoms with Crippen molar-refractivity contribution in [2.24, 2.45) is 5.73 Å². The molecule has 6 heteroatoms. The minimum Gasteiger partial charge on any atom is -0.383 e. The first kappa shape index (κ1) is 17.8. The van der Waals surface area contributed by atoms with Crippen molar-refractivity contribution in [2.45, 2.75) is 76.4 Å². The molecule has 0 unspecified atom stereocenters. The van der Waals surface area contributed by atoms with Crippen LogP contribution >= 0.6 is 0 Å². The Morgan fingerprint density at radius 2 is 1.71 bits per heavy atom. The van der Waals surface area contributed by atoms with Crippen LogP contribution in [0.4, 0.5) is 0 Å². The van der Waals surface area contributed by atoms with Crippen LogP contribution in [0.3, 0.4) is 0 Å². The van der Waals surface area contributed by atoms with E-state index in [9.17, 15) is 0 Å². The molecule has 1 aliphatic carbocycles. The lowest BCUT2D eigenvalue weighted by Crippen LogP contribution is -2.36. The summed E-state index contributed by atoms with van der Waals surface area (Å²) in [5.41, 5.74) is 5.97. The Morgan fingerprint density at radius 3 is 2.33 bits per heavy atom. The van der Waals surface area contributed by atoms with Crippen molar-refractivity contribution in [3.63, 3.8) is 0 Å². The van der Waals surface area contributed by atoms with Crippen LogP contribution < -0.4 is 5.73 Å². The van der Waals surface area contributed by atoms with Crippen LogP contribution in [0.2, 0.25) is 0 Å². The molecule has 0 radical (unpaired) electrons. The Balaban J connectivity index is 1.68. The van der Waals surface area contributed by atoms with E-state index in [0.717, 1.165) is 37.6 Å². The maximum absolute atomic E-state index is 5.97. The summed E-state index contributed by atoms with van der Waals surface area (Å²) in [6.07, 6.45) is 10.2. The van der Waals surface area contributed by atoms with Crippen LogP contribution in [0.5, 0.6) is 0 Å². The van der Waals surface area contributed by atoms with Crippen LogP contribution in [-0.4, -0.2) is 52.5 Å². The Labute approximate surface area is 145 Å². The zero-order valence-electron chi connectivity index (χ0n) is 15.1. The van der Waals surface area contributed by atoms with Gasteiger partial charge in [-0.25, -0.2) is 0 Å². The molecule has 2 heterocycles. The van der Waals surface area contributed by atoms with E-state index < -0.39 is 0 Å². The fourth-order valence-corrected chi connectivity index (χ4v) is 3.91. The van der Waals surface area contributed by atoms with Gasteiger partial charge in [-0.15, -0.1) is 10.2 Å². The van der Waals surface area contributed by atoms with E-state index in [0.29, 0.717) is 18.6 Å². The fraction of sp³-hybridized carbons (Fsp3) is 0.889. The lowest BCUT2D eigenvalue weighted by atomic mass is 9.80. The Bertz CT molecular complexity index is 488. The van der Waals surface area contributed by atoms with Crippen molar-refractivity contribution in [3.8, 4) is 0 Å². The summed E-state index contributed by atoms with van der Waals surface area (Å²) in [5, 5.41) is 9.07. The van der Waals surface area contributed by atoms with E-state index in [1.54, 1.807) is 7.11 Å². The zero-order chi connectivity index (χ0) is 16.8. The highest BCUT2D eigenvalue weighted by Gasteiger charge is 2.32. The van der Waals surface area contributed by atoms with Crippen LogP contribution in [-0.2, 0) is 17.8 Å². The average molecular weight is 335 g/mol. The minimum atomic E-state index is 0.337. The summed E-state index contributed by atoms with van der Waals surface area (Å²) in [6, 6.07) is 0.337. The summed E-state index contributed by atoms with van der Waals surface area (Å²) < 4.78 is 7.60. The molecule has 1 aliphatic heterocycles. The molecule has 0 atom stereocenters. The van der Waals surface area contributed by atoms with Crippen molar-refractivity contribution in [3.05, 3.63) is 11.6 Å². The fourth-order valence-electron chi connectivity index (χ4n) is 3.91. The monoisotopic (exact) mass is 335 g/mol. The lowest BCUT2D eigenvalue weighted by molar-refractivity contribution is 0.180. The molecule has 1 aromatic heterocycles. The van der Waals surface area contributed by atoms with Crippen LogP contribution in [0, 0.1) is 0 Å². The molecule has 3 rings (SSSR count). The Hall–Kier alpha value is -0.980. The second-order valence-electron chi connectivity index (χ2n) is 7.44. The standard InChI is InChI=1S/C18H33N5O/c1-24-11-10-23-17(20-21-18(23)15-12-16(19)13-15)14-22-8-6-4-2-3-5-7-9-22/h15-16H,2-14,19H2,1H3. The highest BCUT2D eigenvalue weighted by Crippen LogP contribution is 2.35. The molecule has 1 saturated carbocycles. The number of rotatable bonds is 6. The van der Waals surface area contributed by atoms with Gasteiger partial charge < -0.3 is 15.0 Å². The number of nitrogens with zero attached hydrogens (tertiary/aromatic N) is 4. The molecule has 2 fully saturated rings. The topological polar surface area (TPSA) is 69.2 Å². The van der Waals surface area contributed by atoms with Gasteiger partial charge in [0.1, 0.15) is 11.6 Å². The molecule has 136 valence electrons. The van der Waals surface area contributed by atoms with E-state index >= 15 is 0 Å². The molecule has 6 nitrogen and oxygen atoms in total. The van der Waals surface area contributed by atoms with Gasteiger partial charge in [-0.2, -0.15) is 0 Å². The van der Waals surface area contributed by atoms with Gasteiger partial charge in [0.2, 0.25) is 0 Å². The van der Waals surface area contributed by atoms with Crippen LogP contribution in [0.15, 0.2) is 0 Å². The van der Waals surface area contributed by atoms with Crippen molar-refractivity contribution >= 4 is 0 Å². The minimum absolute atomic E-state index is 0.337. The predicted molar refractivity (Wildman–Crippen MR) is 94.8 cm³/mol. The number of methoxy groups -OCH3 is 1. The SMILES string of the molecule is COCCn1c(CN2CCCCCCCC2)nnc1C1CC(N)C1.